The van der Waals surface area contributed by atoms with Gasteiger partial charge in [-0.15, -0.1) is 0 Å². The van der Waals surface area contributed by atoms with E-state index in [2.05, 4.69) is 24.1 Å². The summed E-state index contributed by atoms with van der Waals surface area (Å²) in [6, 6.07) is 1.90. The lowest BCUT2D eigenvalue weighted by molar-refractivity contribution is 0.607. The Hall–Kier alpha value is -1.25. The summed E-state index contributed by atoms with van der Waals surface area (Å²) in [7, 11) is 0. The summed E-state index contributed by atoms with van der Waals surface area (Å²) in [5.41, 5.74) is 7.29. The van der Waals surface area contributed by atoms with Crippen LogP contribution in [-0.2, 0) is 0 Å². The average molecular weight is 179 g/mol. The van der Waals surface area contributed by atoms with Crippen LogP contribution >= 0.6 is 0 Å². The molecule has 0 atom stereocenters. The zero-order valence-electron chi connectivity index (χ0n) is 8.25. The van der Waals surface area contributed by atoms with Crippen molar-refractivity contribution in [2.45, 2.75) is 20.3 Å². The molecule has 3 N–H and O–H groups in total. The lowest BCUT2D eigenvalue weighted by Crippen LogP contribution is -2.05. The molecule has 1 heterocycles. The topological polar surface area (TPSA) is 50.9 Å². The van der Waals surface area contributed by atoms with Gasteiger partial charge in [-0.05, 0) is 18.4 Å². The maximum absolute atomic E-state index is 5.59. The van der Waals surface area contributed by atoms with E-state index < -0.39 is 0 Å². The molecule has 0 saturated carbocycles. The Morgan fingerprint density at radius 2 is 2.23 bits per heavy atom. The van der Waals surface area contributed by atoms with Crippen LogP contribution in [0.1, 0.15) is 20.3 Å². The summed E-state index contributed by atoms with van der Waals surface area (Å²) >= 11 is 0. The Morgan fingerprint density at radius 3 is 2.85 bits per heavy atom. The van der Waals surface area contributed by atoms with Gasteiger partial charge in [-0.2, -0.15) is 0 Å². The molecule has 0 radical (unpaired) electrons. The number of nitrogens with two attached hydrogens (primary N) is 1. The largest absolute Gasteiger partial charge is 0.397 e. The lowest BCUT2D eigenvalue weighted by Gasteiger charge is -2.07. The Bertz CT molecular complexity index is 258. The van der Waals surface area contributed by atoms with Gasteiger partial charge in [0.15, 0.2) is 0 Å². The van der Waals surface area contributed by atoms with E-state index in [0.29, 0.717) is 5.69 Å². The summed E-state index contributed by atoms with van der Waals surface area (Å²) in [5.74, 6) is 0.724. The van der Waals surface area contributed by atoms with E-state index in [0.717, 1.165) is 24.6 Å². The van der Waals surface area contributed by atoms with Crippen molar-refractivity contribution in [3.8, 4) is 0 Å². The molecule has 0 bridgehead atoms. The number of anilines is 2. The fourth-order valence-electron chi connectivity index (χ4n) is 1.06. The first-order valence-corrected chi connectivity index (χ1v) is 4.63. The third-order valence-electron chi connectivity index (χ3n) is 1.81. The fraction of sp³-hybridized carbons (Fsp3) is 0.500. The fourth-order valence-corrected chi connectivity index (χ4v) is 1.06. The van der Waals surface area contributed by atoms with Crippen LogP contribution < -0.4 is 11.1 Å². The molecule has 0 aromatic carbocycles. The monoisotopic (exact) mass is 179 g/mol. The molecule has 0 spiro atoms. The normalized spacial score (nSPS) is 10.4. The Balaban J connectivity index is 2.37. The zero-order valence-corrected chi connectivity index (χ0v) is 8.25. The molecule has 0 unspecified atom stereocenters. The number of aromatic nitrogens is 1. The van der Waals surface area contributed by atoms with Gasteiger partial charge in [-0.3, -0.25) is 4.98 Å². The van der Waals surface area contributed by atoms with Gasteiger partial charge < -0.3 is 11.1 Å². The van der Waals surface area contributed by atoms with Crippen LogP contribution in [0.4, 0.5) is 11.4 Å². The highest BCUT2D eigenvalue weighted by atomic mass is 14.9. The van der Waals surface area contributed by atoms with Crippen LogP contribution in [0, 0.1) is 5.92 Å². The van der Waals surface area contributed by atoms with E-state index in [9.17, 15) is 0 Å². The standard InChI is InChI=1S/C10H17N3/c1-8(2)3-4-13-10-5-9(11)6-12-7-10/h5-8,13H,3-4,11H2,1-2H3. The van der Waals surface area contributed by atoms with E-state index in [1.807, 2.05) is 6.07 Å². The van der Waals surface area contributed by atoms with Crippen LogP contribution in [0.15, 0.2) is 18.5 Å². The molecule has 0 fully saturated rings. The molecule has 3 nitrogen and oxygen atoms in total. The average Bonchev–Trinajstić information content (AvgIpc) is 2.03. The van der Waals surface area contributed by atoms with E-state index in [4.69, 9.17) is 5.73 Å². The van der Waals surface area contributed by atoms with Crippen LogP contribution in [0.5, 0.6) is 0 Å². The van der Waals surface area contributed by atoms with Gasteiger partial charge in [0, 0.05) is 12.7 Å². The first-order valence-electron chi connectivity index (χ1n) is 4.63. The number of hydrogen-bond acceptors (Lipinski definition) is 3. The third kappa shape index (κ3) is 3.78. The second-order valence-corrected chi connectivity index (χ2v) is 3.62. The minimum atomic E-state index is 0.703. The Morgan fingerprint density at radius 1 is 1.46 bits per heavy atom. The van der Waals surface area contributed by atoms with Crippen molar-refractivity contribution >= 4 is 11.4 Å². The van der Waals surface area contributed by atoms with E-state index in [1.54, 1.807) is 12.4 Å². The Kier molecular flexibility index (Phi) is 3.55. The van der Waals surface area contributed by atoms with Crippen LogP contribution in [0.2, 0.25) is 0 Å². The molecular weight excluding hydrogens is 162 g/mol. The van der Waals surface area contributed by atoms with Crippen LogP contribution in [0.25, 0.3) is 0 Å². The maximum atomic E-state index is 5.59. The highest BCUT2D eigenvalue weighted by Crippen LogP contribution is 2.09. The molecule has 3 heteroatoms. The van der Waals surface area contributed by atoms with E-state index >= 15 is 0 Å². The Labute approximate surface area is 79.4 Å². The predicted octanol–water partition coefficient (Wildman–Crippen LogP) is 2.12. The molecular formula is C10H17N3. The number of pyridine rings is 1. The SMILES string of the molecule is CC(C)CCNc1cncc(N)c1. The first kappa shape index (κ1) is 9.84. The maximum Gasteiger partial charge on any atom is 0.0547 e. The highest BCUT2D eigenvalue weighted by molar-refractivity contribution is 5.51. The summed E-state index contributed by atoms with van der Waals surface area (Å²) < 4.78 is 0. The van der Waals surface area contributed by atoms with Crippen LogP contribution in [-0.4, -0.2) is 11.5 Å². The molecule has 1 aromatic rings. The van der Waals surface area contributed by atoms with E-state index in [-0.39, 0.29) is 0 Å². The summed E-state index contributed by atoms with van der Waals surface area (Å²) in [6.45, 7) is 5.39. The van der Waals surface area contributed by atoms with E-state index in [1.165, 1.54) is 0 Å². The zero-order chi connectivity index (χ0) is 9.68. The van der Waals surface area contributed by atoms with Gasteiger partial charge >= 0.3 is 0 Å². The van der Waals surface area contributed by atoms with Crippen molar-refractivity contribution in [3.05, 3.63) is 18.5 Å². The van der Waals surface area contributed by atoms with Crippen molar-refractivity contribution in [1.29, 1.82) is 0 Å². The minimum Gasteiger partial charge on any atom is -0.397 e. The molecule has 0 aliphatic carbocycles. The third-order valence-corrected chi connectivity index (χ3v) is 1.81. The molecule has 0 amide bonds. The minimum absolute atomic E-state index is 0.703. The smallest absolute Gasteiger partial charge is 0.0547 e. The van der Waals surface area contributed by atoms with Crippen molar-refractivity contribution in [3.63, 3.8) is 0 Å². The number of nitrogens with zero attached hydrogens (tertiary/aromatic N) is 1. The predicted molar refractivity (Wildman–Crippen MR) is 56.6 cm³/mol. The quantitative estimate of drug-likeness (QED) is 0.744. The van der Waals surface area contributed by atoms with Crippen molar-refractivity contribution in [2.24, 2.45) is 5.92 Å². The molecule has 1 aromatic heterocycles. The molecule has 72 valence electrons. The highest BCUT2D eigenvalue weighted by Gasteiger charge is 1.95. The lowest BCUT2D eigenvalue weighted by atomic mass is 10.1. The summed E-state index contributed by atoms with van der Waals surface area (Å²) in [4.78, 5) is 3.99. The van der Waals surface area contributed by atoms with Gasteiger partial charge in [0.05, 0.1) is 17.6 Å². The second kappa shape index (κ2) is 4.70. The van der Waals surface area contributed by atoms with Crippen LogP contribution in [0.3, 0.4) is 0 Å². The number of nitrogen functional groups attached to an aromatic ring is 1. The molecule has 1 rings (SSSR count). The van der Waals surface area contributed by atoms with Gasteiger partial charge in [-0.25, -0.2) is 0 Å². The molecule has 0 aliphatic heterocycles. The van der Waals surface area contributed by atoms with Gasteiger partial charge in [0.2, 0.25) is 0 Å². The summed E-state index contributed by atoms with van der Waals surface area (Å²) in [5, 5.41) is 3.27. The van der Waals surface area contributed by atoms with Gasteiger partial charge in [0.25, 0.3) is 0 Å². The molecule has 0 saturated heterocycles. The number of nitrogens with one attached hydrogen (secondary N) is 1. The molecule has 13 heavy (non-hydrogen) atoms. The van der Waals surface area contributed by atoms with Crippen molar-refractivity contribution in [2.75, 3.05) is 17.6 Å². The number of hydrogen-bond donors (Lipinski definition) is 2. The van der Waals surface area contributed by atoms with Crippen molar-refractivity contribution in [1.82, 2.24) is 4.98 Å². The first-order chi connectivity index (χ1) is 6.18. The summed E-state index contributed by atoms with van der Waals surface area (Å²) in [6.07, 6.45) is 4.60. The molecule has 0 aliphatic rings. The second-order valence-electron chi connectivity index (χ2n) is 3.62. The van der Waals surface area contributed by atoms with Crippen molar-refractivity contribution < 1.29 is 0 Å². The van der Waals surface area contributed by atoms with Gasteiger partial charge in [0.1, 0.15) is 0 Å². The number of rotatable bonds is 4. The van der Waals surface area contributed by atoms with Gasteiger partial charge in [-0.1, -0.05) is 13.8 Å².